The maximum absolute atomic E-state index is 9.14. The van der Waals surface area contributed by atoms with Crippen LogP contribution in [0.3, 0.4) is 0 Å². The van der Waals surface area contributed by atoms with E-state index in [2.05, 4.69) is 0 Å². The second-order valence-electron chi connectivity index (χ2n) is 2.37. The highest BCUT2D eigenvalue weighted by Crippen LogP contribution is 2.29. The van der Waals surface area contributed by atoms with Crippen LogP contribution in [0, 0.1) is 0 Å². The number of rotatable bonds is 2. The lowest BCUT2D eigenvalue weighted by atomic mass is 10.3. The van der Waals surface area contributed by atoms with E-state index in [4.69, 9.17) is 20.1 Å². The van der Waals surface area contributed by atoms with Gasteiger partial charge in [-0.3, -0.25) is 0 Å². The Balaban J connectivity index is 2.86. The van der Waals surface area contributed by atoms with Crippen molar-refractivity contribution < 1.29 is 20.1 Å². The zero-order valence-corrected chi connectivity index (χ0v) is 6.56. The van der Waals surface area contributed by atoms with Crippen molar-refractivity contribution in [2.24, 2.45) is 0 Å². The summed E-state index contributed by atoms with van der Waals surface area (Å²) in [5.74, 6) is -0.107. The number of aromatic hydroxyl groups is 2. The smallest absolute Gasteiger partial charge is 0.194 e. The summed E-state index contributed by atoms with van der Waals surface area (Å²) < 4.78 is 4.79. The molecular formula is C8H10O4. The van der Waals surface area contributed by atoms with E-state index in [1.165, 1.54) is 19.1 Å². The van der Waals surface area contributed by atoms with Gasteiger partial charge in [0.1, 0.15) is 5.75 Å². The van der Waals surface area contributed by atoms with Crippen LogP contribution in [0.5, 0.6) is 17.2 Å². The lowest BCUT2D eigenvalue weighted by molar-refractivity contribution is -0.00212. The highest BCUT2D eigenvalue weighted by atomic mass is 16.6. The molecule has 3 N–H and O–H groups in total. The fourth-order valence-corrected chi connectivity index (χ4v) is 0.789. The number of phenolic OH excluding ortho intramolecular Hbond substituents is 2. The molecule has 0 aliphatic rings. The second-order valence-corrected chi connectivity index (χ2v) is 2.37. The third-order valence-corrected chi connectivity index (χ3v) is 1.24. The van der Waals surface area contributed by atoms with Crippen molar-refractivity contribution in [3.05, 3.63) is 18.2 Å². The molecule has 1 aromatic rings. The van der Waals surface area contributed by atoms with E-state index in [0.717, 1.165) is 6.07 Å². The number of hydrogen-bond acceptors (Lipinski definition) is 4. The average Bonchev–Trinajstić information content (AvgIpc) is 1.94. The minimum Gasteiger partial charge on any atom is -0.508 e. The lowest BCUT2D eigenvalue weighted by Gasteiger charge is -2.09. The number of ether oxygens (including phenoxy) is 1. The van der Waals surface area contributed by atoms with Gasteiger partial charge < -0.3 is 20.1 Å². The zero-order chi connectivity index (χ0) is 9.14. The van der Waals surface area contributed by atoms with Crippen LogP contribution < -0.4 is 4.74 Å². The number of hydrogen-bond donors (Lipinski definition) is 3. The first-order chi connectivity index (χ1) is 5.59. The van der Waals surface area contributed by atoms with Gasteiger partial charge in [0.15, 0.2) is 17.8 Å². The molecule has 0 heterocycles. The first kappa shape index (κ1) is 8.67. The van der Waals surface area contributed by atoms with Crippen molar-refractivity contribution in [2.45, 2.75) is 13.2 Å². The van der Waals surface area contributed by atoms with Gasteiger partial charge in [0, 0.05) is 6.07 Å². The molecule has 0 amide bonds. The van der Waals surface area contributed by atoms with Gasteiger partial charge in [0.25, 0.3) is 0 Å². The maximum Gasteiger partial charge on any atom is 0.194 e. The van der Waals surface area contributed by atoms with E-state index in [9.17, 15) is 0 Å². The molecule has 1 aromatic carbocycles. The van der Waals surface area contributed by atoms with Gasteiger partial charge in [-0.05, 0) is 19.1 Å². The van der Waals surface area contributed by atoms with Gasteiger partial charge in [-0.1, -0.05) is 0 Å². The first-order valence-corrected chi connectivity index (χ1v) is 3.46. The first-order valence-electron chi connectivity index (χ1n) is 3.46. The molecule has 0 fully saturated rings. The van der Waals surface area contributed by atoms with Crippen molar-refractivity contribution in [2.75, 3.05) is 0 Å². The van der Waals surface area contributed by atoms with Crippen LogP contribution >= 0.6 is 0 Å². The van der Waals surface area contributed by atoms with Crippen molar-refractivity contribution in [3.63, 3.8) is 0 Å². The standard InChI is InChI=1S/C8H10O4/c1-5(9)12-8-3-2-6(10)4-7(8)11/h2-5,9-11H,1H3. The predicted molar refractivity (Wildman–Crippen MR) is 42.1 cm³/mol. The minimum atomic E-state index is -0.986. The summed E-state index contributed by atoms with van der Waals surface area (Å²) in [6.45, 7) is 1.42. The van der Waals surface area contributed by atoms with E-state index in [1.54, 1.807) is 0 Å². The summed E-state index contributed by atoms with van der Waals surface area (Å²) in [4.78, 5) is 0. The maximum atomic E-state index is 9.14. The molecular weight excluding hydrogens is 160 g/mol. The van der Waals surface area contributed by atoms with Gasteiger partial charge in [-0.25, -0.2) is 0 Å². The van der Waals surface area contributed by atoms with Crippen LogP contribution in [0.25, 0.3) is 0 Å². The summed E-state index contributed by atoms with van der Waals surface area (Å²) in [7, 11) is 0. The Hall–Kier alpha value is -1.42. The Bertz CT molecular complexity index is 270. The molecule has 0 bridgehead atoms. The molecule has 0 aromatic heterocycles. The summed E-state index contributed by atoms with van der Waals surface area (Å²) in [5, 5.41) is 26.8. The molecule has 0 saturated carbocycles. The minimum absolute atomic E-state index is 0.0505. The Labute approximate surface area is 69.7 Å². The molecule has 0 aliphatic heterocycles. The fourth-order valence-electron chi connectivity index (χ4n) is 0.789. The number of aliphatic hydroxyl groups excluding tert-OH is 1. The Morgan fingerprint density at radius 1 is 1.33 bits per heavy atom. The number of benzene rings is 1. The van der Waals surface area contributed by atoms with Crippen LogP contribution in [0.15, 0.2) is 18.2 Å². The average molecular weight is 170 g/mol. The van der Waals surface area contributed by atoms with Crippen molar-refractivity contribution in [1.29, 1.82) is 0 Å². The quantitative estimate of drug-likeness (QED) is 0.574. The largest absolute Gasteiger partial charge is 0.508 e. The Morgan fingerprint density at radius 2 is 2.00 bits per heavy atom. The molecule has 0 radical (unpaired) electrons. The van der Waals surface area contributed by atoms with E-state index in [1.807, 2.05) is 0 Å². The SMILES string of the molecule is CC(O)Oc1ccc(O)cc1O. The Kier molecular flexibility index (Phi) is 2.40. The van der Waals surface area contributed by atoms with E-state index in [0.29, 0.717) is 0 Å². The van der Waals surface area contributed by atoms with Gasteiger partial charge >= 0.3 is 0 Å². The molecule has 4 nitrogen and oxygen atoms in total. The molecule has 0 spiro atoms. The van der Waals surface area contributed by atoms with E-state index < -0.39 is 6.29 Å². The molecule has 4 heteroatoms. The van der Waals surface area contributed by atoms with Crippen LogP contribution in [-0.2, 0) is 0 Å². The molecule has 12 heavy (non-hydrogen) atoms. The molecule has 1 unspecified atom stereocenters. The number of aliphatic hydroxyl groups is 1. The Morgan fingerprint density at radius 3 is 2.50 bits per heavy atom. The van der Waals surface area contributed by atoms with E-state index >= 15 is 0 Å². The van der Waals surface area contributed by atoms with Crippen molar-refractivity contribution in [1.82, 2.24) is 0 Å². The molecule has 1 atom stereocenters. The fraction of sp³-hybridized carbons (Fsp3) is 0.250. The van der Waals surface area contributed by atoms with Gasteiger partial charge in [0.2, 0.25) is 0 Å². The number of phenols is 2. The van der Waals surface area contributed by atoms with Gasteiger partial charge in [-0.2, -0.15) is 0 Å². The second kappa shape index (κ2) is 3.32. The summed E-state index contributed by atoms with van der Waals surface area (Å²) in [5.41, 5.74) is 0. The lowest BCUT2D eigenvalue weighted by Crippen LogP contribution is -2.09. The van der Waals surface area contributed by atoms with Crippen LogP contribution in [0.4, 0.5) is 0 Å². The highest BCUT2D eigenvalue weighted by molar-refractivity contribution is 5.43. The molecule has 1 rings (SSSR count). The van der Waals surface area contributed by atoms with Gasteiger partial charge in [0.05, 0.1) is 0 Å². The third kappa shape index (κ3) is 2.03. The third-order valence-electron chi connectivity index (χ3n) is 1.24. The van der Waals surface area contributed by atoms with E-state index in [-0.39, 0.29) is 17.2 Å². The predicted octanol–water partition coefficient (Wildman–Crippen LogP) is 0.815. The molecule has 0 saturated heterocycles. The summed E-state index contributed by atoms with van der Waals surface area (Å²) >= 11 is 0. The summed E-state index contributed by atoms with van der Waals surface area (Å²) in [6, 6.07) is 3.87. The normalized spacial score (nSPS) is 12.5. The monoisotopic (exact) mass is 170 g/mol. The highest BCUT2D eigenvalue weighted by Gasteiger charge is 2.05. The van der Waals surface area contributed by atoms with Crippen molar-refractivity contribution in [3.8, 4) is 17.2 Å². The topological polar surface area (TPSA) is 69.9 Å². The zero-order valence-electron chi connectivity index (χ0n) is 6.56. The van der Waals surface area contributed by atoms with Gasteiger partial charge in [-0.15, -0.1) is 0 Å². The molecule has 66 valence electrons. The van der Waals surface area contributed by atoms with Crippen LogP contribution in [0.1, 0.15) is 6.92 Å². The van der Waals surface area contributed by atoms with Crippen LogP contribution in [0.2, 0.25) is 0 Å². The summed E-state index contributed by atoms with van der Waals surface area (Å²) in [6.07, 6.45) is -0.986. The van der Waals surface area contributed by atoms with Crippen LogP contribution in [-0.4, -0.2) is 21.6 Å². The molecule has 0 aliphatic carbocycles. The van der Waals surface area contributed by atoms with Crippen molar-refractivity contribution >= 4 is 0 Å².